The minimum Gasteiger partial charge on any atom is -0.390 e. The molecule has 4 rings (SSSR count). The summed E-state index contributed by atoms with van der Waals surface area (Å²) in [7, 11) is -3.31. The van der Waals surface area contributed by atoms with Gasteiger partial charge in [-0.2, -0.15) is 0 Å². The van der Waals surface area contributed by atoms with Gasteiger partial charge < -0.3 is 15.3 Å². The van der Waals surface area contributed by atoms with E-state index in [2.05, 4.69) is 14.9 Å². The molecule has 0 radical (unpaired) electrons. The van der Waals surface area contributed by atoms with Crippen LogP contribution in [0.2, 0.25) is 0 Å². The van der Waals surface area contributed by atoms with Gasteiger partial charge in [0.2, 0.25) is 21.8 Å². The lowest BCUT2D eigenvalue weighted by molar-refractivity contribution is -0.165. The smallest absolute Gasteiger partial charge is 0.248 e. The number of anilines is 1. The van der Waals surface area contributed by atoms with E-state index in [0.29, 0.717) is 44.7 Å². The van der Waals surface area contributed by atoms with Gasteiger partial charge in [-0.05, 0) is 56.2 Å². The summed E-state index contributed by atoms with van der Waals surface area (Å²) in [6, 6.07) is 6.42. The second-order valence-corrected chi connectivity index (χ2v) is 12.0. The van der Waals surface area contributed by atoms with E-state index in [0.717, 1.165) is 43.9 Å². The van der Waals surface area contributed by atoms with Gasteiger partial charge in [0.05, 0.1) is 12.4 Å². The molecule has 2 heterocycles. The van der Waals surface area contributed by atoms with Gasteiger partial charge in [-0.15, -0.1) is 12.4 Å². The van der Waals surface area contributed by atoms with Crippen LogP contribution >= 0.6 is 12.4 Å². The van der Waals surface area contributed by atoms with Crippen LogP contribution in [0.1, 0.15) is 57.4 Å². The summed E-state index contributed by atoms with van der Waals surface area (Å²) >= 11 is 0. The zero-order valence-corrected chi connectivity index (χ0v) is 22.7. The number of hydrogen-bond acceptors (Lipinski definition) is 6. The van der Waals surface area contributed by atoms with E-state index in [9.17, 15) is 23.1 Å². The first-order chi connectivity index (χ1) is 16.6. The number of piperazine rings is 1. The van der Waals surface area contributed by atoms with Gasteiger partial charge in [0, 0.05) is 31.9 Å². The van der Waals surface area contributed by atoms with Crippen LogP contribution in [0.3, 0.4) is 0 Å². The number of likely N-dealkylation sites (N-methyl/N-ethyl adjacent to an activating group) is 1. The minimum absolute atomic E-state index is 0. The fourth-order valence-electron chi connectivity index (χ4n) is 6.01. The highest BCUT2D eigenvalue weighted by Crippen LogP contribution is 2.36. The van der Waals surface area contributed by atoms with Crippen LogP contribution in [0.5, 0.6) is 0 Å². The molecule has 11 heteroatoms. The van der Waals surface area contributed by atoms with Gasteiger partial charge in [0.15, 0.2) is 0 Å². The van der Waals surface area contributed by atoms with Crippen LogP contribution in [0.4, 0.5) is 5.69 Å². The lowest BCUT2D eigenvalue weighted by Gasteiger charge is -2.52. The summed E-state index contributed by atoms with van der Waals surface area (Å²) in [5, 5.41) is 13.9. The third-order valence-corrected chi connectivity index (χ3v) is 8.50. The van der Waals surface area contributed by atoms with Gasteiger partial charge in [0.1, 0.15) is 11.6 Å². The molecule has 202 valence electrons. The van der Waals surface area contributed by atoms with Crippen molar-refractivity contribution in [1.29, 1.82) is 0 Å². The van der Waals surface area contributed by atoms with E-state index in [1.165, 1.54) is 0 Å². The number of amides is 2. The van der Waals surface area contributed by atoms with Crippen LogP contribution in [-0.2, 0) is 26.2 Å². The molecule has 36 heavy (non-hydrogen) atoms. The van der Waals surface area contributed by atoms with Crippen LogP contribution in [0.15, 0.2) is 24.3 Å². The first kappa shape index (κ1) is 28.7. The second-order valence-electron chi connectivity index (χ2n) is 10.3. The molecule has 2 atom stereocenters. The first-order valence-corrected chi connectivity index (χ1v) is 14.6. The van der Waals surface area contributed by atoms with Crippen molar-refractivity contribution in [2.24, 2.45) is 5.92 Å². The number of piperidine rings is 1. The lowest BCUT2D eigenvalue weighted by Crippen LogP contribution is -2.74. The van der Waals surface area contributed by atoms with Crippen molar-refractivity contribution in [1.82, 2.24) is 15.1 Å². The Balaban J connectivity index is 0.00000361. The van der Waals surface area contributed by atoms with Gasteiger partial charge in [-0.1, -0.05) is 31.4 Å². The summed E-state index contributed by atoms with van der Waals surface area (Å²) in [6.07, 6.45) is 6.45. The average molecular weight is 543 g/mol. The van der Waals surface area contributed by atoms with Crippen molar-refractivity contribution >= 4 is 39.9 Å². The summed E-state index contributed by atoms with van der Waals surface area (Å²) in [5.41, 5.74) is 0.705. The van der Waals surface area contributed by atoms with Gasteiger partial charge in [-0.25, -0.2) is 8.42 Å². The predicted molar refractivity (Wildman–Crippen MR) is 141 cm³/mol. The molecule has 0 bridgehead atoms. The van der Waals surface area contributed by atoms with Gasteiger partial charge in [-0.3, -0.25) is 19.2 Å². The summed E-state index contributed by atoms with van der Waals surface area (Å²) < 4.78 is 25.3. The van der Waals surface area contributed by atoms with Crippen LogP contribution in [-0.4, -0.2) is 78.7 Å². The molecule has 1 aromatic carbocycles. The molecule has 3 N–H and O–H groups in total. The highest BCUT2D eigenvalue weighted by atomic mass is 35.5. The maximum absolute atomic E-state index is 13.5. The Morgan fingerprint density at radius 1 is 1.11 bits per heavy atom. The number of nitrogens with one attached hydrogen (secondary N) is 2. The van der Waals surface area contributed by atoms with E-state index >= 15 is 0 Å². The minimum atomic E-state index is -3.31. The molecular formula is C25H39ClN4O5S. The SMILES string of the molecule is CCN1C(=O)[C@@H]([C@H](O)C2CCCCC2)NC(=O)C12CCN(Cc1ccc(NS(C)(=O)=O)cc1)CC2.Cl. The number of carbonyl (C=O) groups is 2. The van der Waals surface area contributed by atoms with Crippen molar-refractivity contribution in [3.8, 4) is 0 Å². The topological polar surface area (TPSA) is 119 Å². The number of nitrogens with zero attached hydrogens (tertiary/aromatic N) is 2. The Hall–Kier alpha value is -1.88. The average Bonchev–Trinajstić information content (AvgIpc) is 2.83. The Morgan fingerprint density at radius 2 is 1.72 bits per heavy atom. The van der Waals surface area contributed by atoms with E-state index < -0.39 is 27.7 Å². The lowest BCUT2D eigenvalue weighted by atomic mass is 9.78. The molecule has 3 aliphatic rings. The summed E-state index contributed by atoms with van der Waals surface area (Å²) in [6.45, 7) is 4.35. The highest BCUT2D eigenvalue weighted by molar-refractivity contribution is 7.92. The highest BCUT2D eigenvalue weighted by Gasteiger charge is 2.54. The Labute approximate surface area is 220 Å². The molecule has 1 saturated carbocycles. The van der Waals surface area contributed by atoms with Gasteiger partial charge >= 0.3 is 0 Å². The molecule has 1 aliphatic carbocycles. The Bertz CT molecular complexity index is 1020. The van der Waals surface area contributed by atoms with Crippen molar-refractivity contribution in [3.05, 3.63) is 29.8 Å². The van der Waals surface area contributed by atoms with E-state index in [4.69, 9.17) is 0 Å². The number of likely N-dealkylation sites (tertiary alicyclic amines) is 1. The van der Waals surface area contributed by atoms with Crippen molar-refractivity contribution in [2.45, 2.75) is 76.1 Å². The number of aliphatic hydroxyl groups excluding tert-OH is 1. The number of aliphatic hydroxyl groups is 1. The monoisotopic (exact) mass is 542 g/mol. The van der Waals surface area contributed by atoms with Crippen LogP contribution < -0.4 is 10.0 Å². The predicted octanol–water partition coefficient (Wildman–Crippen LogP) is 2.10. The summed E-state index contributed by atoms with van der Waals surface area (Å²) in [4.78, 5) is 30.8. The third kappa shape index (κ3) is 6.15. The van der Waals surface area contributed by atoms with Gasteiger partial charge in [0.25, 0.3) is 0 Å². The van der Waals surface area contributed by atoms with Crippen molar-refractivity contribution in [3.63, 3.8) is 0 Å². The molecule has 2 amide bonds. The summed E-state index contributed by atoms with van der Waals surface area (Å²) in [5.74, 6) is -0.242. The zero-order chi connectivity index (χ0) is 25.2. The number of halogens is 1. The Kier molecular flexibility index (Phi) is 9.30. The molecule has 0 unspecified atom stereocenters. The molecule has 9 nitrogen and oxygen atoms in total. The van der Waals surface area contributed by atoms with Crippen molar-refractivity contribution in [2.75, 3.05) is 30.6 Å². The normalized spacial score (nSPS) is 24.2. The maximum Gasteiger partial charge on any atom is 0.248 e. The molecule has 3 fully saturated rings. The standard InChI is InChI=1S/C25H38N4O5S.ClH/c1-3-29-23(31)21(22(30)19-7-5-4-6-8-19)26-24(32)25(29)13-15-28(16-14-25)17-18-9-11-20(12-10-18)27-35(2,33)34;/h9-12,19,21-22,27,30H,3-8,13-17H2,1-2H3,(H,26,32);1H/t21-,22-;/m1./s1. The van der Waals surface area contributed by atoms with Crippen molar-refractivity contribution < 1.29 is 23.1 Å². The van der Waals surface area contributed by atoms with Crippen LogP contribution in [0, 0.1) is 5.92 Å². The Morgan fingerprint density at radius 3 is 2.28 bits per heavy atom. The molecule has 2 saturated heterocycles. The number of hydrogen-bond donors (Lipinski definition) is 3. The fraction of sp³-hybridized carbons (Fsp3) is 0.680. The van der Waals surface area contributed by atoms with E-state index in [1.54, 1.807) is 17.0 Å². The quantitative estimate of drug-likeness (QED) is 0.485. The number of rotatable bonds is 7. The van der Waals surface area contributed by atoms with Crippen LogP contribution in [0.25, 0.3) is 0 Å². The first-order valence-electron chi connectivity index (χ1n) is 12.7. The zero-order valence-electron chi connectivity index (χ0n) is 21.1. The van der Waals surface area contributed by atoms with E-state index in [1.807, 2.05) is 19.1 Å². The number of carbonyl (C=O) groups excluding carboxylic acids is 2. The third-order valence-electron chi connectivity index (χ3n) is 7.90. The van der Waals surface area contributed by atoms with E-state index in [-0.39, 0.29) is 30.1 Å². The number of sulfonamides is 1. The molecule has 0 aromatic heterocycles. The fourth-order valence-corrected chi connectivity index (χ4v) is 6.57. The maximum atomic E-state index is 13.5. The molecule has 1 spiro atoms. The molecule has 2 aliphatic heterocycles. The number of benzene rings is 1. The molecular weight excluding hydrogens is 504 g/mol. The largest absolute Gasteiger partial charge is 0.390 e. The molecule has 1 aromatic rings. The second kappa shape index (κ2) is 11.7.